The van der Waals surface area contributed by atoms with Crippen molar-refractivity contribution in [3.8, 4) is 0 Å². The van der Waals surface area contributed by atoms with Crippen LogP contribution in [-0.4, -0.2) is 69.8 Å². The summed E-state index contributed by atoms with van der Waals surface area (Å²) in [7, 11) is 1.74. The van der Waals surface area contributed by atoms with Crippen molar-refractivity contribution in [3.05, 3.63) is 0 Å². The Morgan fingerprint density at radius 2 is 1.93 bits per heavy atom. The molecule has 0 bridgehead atoms. The lowest BCUT2D eigenvalue weighted by atomic mass is 9.93. The van der Waals surface area contributed by atoms with Crippen molar-refractivity contribution in [2.45, 2.75) is 71.4 Å². The molecule has 0 radical (unpaired) electrons. The highest BCUT2D eigenvalue weighted by Gasteiger charge is 2.30. The molecule has 8 nitrogen and oxygen atoms in total. The zero-order valence-corrected chi connectivity index (χ0v) is 19.2. The molecular formula is C21H42N4O4. The minimum Gasteiger partial charge on any atom is -0.444 e. The van der Waals surface area contributed by atoms with Gasteiger partial charge in [0.2, 0.25) is 0 Å². The summed E-state index contributed by atoms with van der Waals surface area (Å²) in [5, 5.41) is 9.67. The lowest BCUT2D eigenvalue weighted by Crippen LogP contribution is -2.57. The van der Waals surface area contributed by atoms with Crippen LogP contribution in [0.15, 0.2) is 4.99 Å². The van der Waals surface area contributed by atoms with Gasteiger partial charge in [0.1, 0.15) is 5.60 Å². The molecule has 1 atom stereocenters. The summed E-state index contributed by atoms with van der Waals surface area (Å²) >= 11 is 0. The van der Waals surface area contributed by atoms with Crippen LogP contribution in [0.4, 0.5) is 4.79 Å². The molecule has 1 aliphatic heterocycles. The first-order chi connectivity index (χ1) is 13.7. The second-order valence-corrected chi connectivity index (χ2v) is 8.62. The molecule has 0 aromatic rings. The van der Waals surface area contributed by atoms with E-state index in [2.05, 4.69) is 34.8 Å². The maximum atomic E-state index is 12.2. The number of nitrogens with zero attached hydrogens (tertiary/aromatic N) is 1. The molecule has 1 rings (SSSR count). The Balaban J connectivity index is 2.33. The summed E-state index contributed by atoms with van der Waals surface area (Å²) in [6.07, 6.45) is 3.17. The van der Waals surface area contributed by atoms with Crippen molar-refractivity contribution in [2.75, 3.05) is 46.6 Å². The minimum absolute atomic E-state index is 0.393. The fourth-order valence-corrected chi connectivity index (χ4v) is 3.06. The number of amides is 1. The van der Waals surface area contributed by atoms with Crippen LogP contribution in [0.2, 0.25) is 0 Å². The third-order valence-corrected chi connectivity index (χ3v) is 5.07. The van der Waals surface area contributed by atoms with Crippen molar-refractivity contribution in [1.29, 1.82) is 0 Å². The average Bonchev–Trinajstić information content (AvgIpc) is 3.17. The molecule has 1 heterocycles. The van der Waals surface area contributed by atoms with Crippen LogP contribution < -0.4 is 16.0 Å². The highest BCUT2D eigenvalue weighted by Crippen LogP contribution is 2.16. The van der Waals surface area contributed by atoms with Gasteiger partial charge < -0.3 is 30.2 Å². The Morgan fingerprint density at radius 3 is 2.48 bits per heavy atom. The van der Waals surface area contributed by atoms with Crippen LogP contribution in [0, 0.1) is 5.92 Å². The minimum atomic E-state index is -0.519. The number of ether oxygens (including phenoxy) is 3. The van der Waals surface area contributed by atoms with E-state index < -0.39 is 17.2 Å². The van der Waals surface area contributed by atoms with Crippen LogP contribution >= 0.6 is 0 Å². The fraction of sp³-hybridized carbons (Fsp3) is 0.905. The van der Waals surface area contributed by atoms with E-state index in [-0.39, 0.29) is 0 Å². The number of aliphatic imine (C=N–C) groups is 1. The molecule has 0 aliphatic carbocycles. The van der Waals surface area contributed by atoms with Crippen LogP contribution in [0.3, 0.4) is 0 Å². The highest BCUT2D eigenvalue weighted by molar-refractivity contribution is 5.79. The topological polar surface area (TPSA) is 93.2 Å². The van der Waals surface area contributed by atoms with Crippen LogP contribution in [0.5, 0.6) is 0 Å². The van der Waals surface area contributed by atoms with E-state index in [0.717, 1.165) is 52.0 Å². The molecule has 1 aliphatic rings. The van der Waals surface area contributed by atoms with E-state index in [1.807, 2.05) is 20.8 Å². The lowest BCUT2D eigenvalue weighted by molar-refractivity contribution is 0.0448. The second kappa shape index (κ2) is 12.9. The number of carbonyl (C=O) groups is 1. The fourth-order valence-electron chi connectivity index (χ4n) is 3.06. The summed E-state index contributed by atoms with van der Waals surface area (Å²) in [6.45, 7) is 14.2. The van der Waals surface area contributed by atoms with Crippen LogP contribution in [0.1, 0.15) is 60.3 Å². The second-order valence-electron chi connectivity index (χ2n) is 8.62. The van der Waals surface area contributed by atoms with Crippen LogP contribution in [0.25, 0.3) is 0 Å². The zero-order valence-electron chi connectivity index (χ0n) is 19.2. The third kappa shape index (κ3) is 10.7. The monoisotopic (exact) mass is 414 g/mol. The highest BCUT2D eigenvalue weighted by atomic mass is 16.6. The number of nitrogens with one attached hydrogen (secondary N) is 3. The van der Waals surface area contributed by atoms with Gasteiger partial charge in [-0.25, -0.2) is 4.79 Å². The van der Waals surface area contributed by atoms with Crippen molar-refractivity contribution < 1.29 is 19.0 Å². The van der Waals surface area contributed by atoms with Gasteiger partial charge in [-0.3, -0.25) is 4.99 Å². The maximum Gasteiger partial charge on any atom is 0.408 e. The van der Waals surface area contributed by atoms with Crippen molar-refractivity contribution in [3.63, 3.8) is 0 Å². The molecule has 1 saturated heterocycles. The Labute approximate surface area is 176 Å². The number of alkyl carbamates (subject to hydrolysis) is 1. The van der Waals surface area contributed by atoms with Gasteiger partial charge in [0, 0.05) is 39.3 Å². The SMILES string of the molecule is CCC(CC)(CNC(=NC)NCCCOCC1CCOC1)NC(=O)OC(C)(C)C. The van der Waals surface area contributed by atoms with E-state index in [1.165, 1.54) is 0 Å². The van der Waals surface area contributed by atoms with E-state index in [9.17, 15) is 4.79 Å². The Bertz CT molecular complexity index is 495. The first-order valence-electron chi connectivity index (χ1n) is 10.8. The van der Waals surface area contributed by atoms with Gasteiger partial charge in [0.15, 0.2) is 5.96 Å². The number of carbonyl (C=O) groups excluding carboxylic acids is 1. The average molecular weight is 415 g/mol. The van der Waals surface area contributed by atoms with E-state index in [0.29, 0.717) is 25.0 Å². The molecule has 0 aromatic heterocycles. The number of hydrogen-bond donors (Lipinski definition) is 3. The molecule has 29 heavy (non-hydrogen) atoms. The van der Waals surface area contributed by atoms with Crippen molar-refractivity contribution >= 4 is 12.1 Å². The van der Waals surface area contributed by atoms with E-state index in [4.69, 9.17) is 14.2 Å². The molecule has 1 fully saturated rings. The summed E-state index contributed by atoms with van der Waals surface area (Å²) in [5.74, 6) is 1.26. The summed E-state index contributed by atoms with van der Waals surface area (Å²) < 4.78 is 16.5. The quantitative estimate of drug-likeness (QED) is 0.273. The summed E-state index contributed by atoms with van der Waals surface area (Å²) in [4.78, 5) is 16.5. The smallest absolute Gasteiger partial charge is 0.408 e. The third-order valence-electron chi connectivity index (χ3n) is 5.07. The van der Waals surface area contributed by atoms with E-state index >= 15 is 0 Å². The predicted octanol–water partition coefficient (Wildman–Crippen LogP) is 2.68. The van der Waals surface area contributed by atoms with Gasteiger partial charge in [-0.05, 0) is 46.5 Å². The predicted molar refractivity (Wildman–Crippen MR) is 116 cm³/mol. The standard InChI is InChI=1S/C21H42N4O4/c1-7-21(8-2,25-19(26)29-20(3,4)5)16-24-18(22-6)23-11-9-12-27-14-17-10-13-28-15-17/h17H,7-16H2,1-6H3,(H,25,26)(H2,22,23,24). The van der Waals surface area contributed by atoms with Gasteiger partial charge in [0.05, 0.1) is 18.8 Å². The number of guanidine groups is 1. The molecule has 3 N–H and O–H groups in total. The molecule has 0 saturated carbocycles. The summed E-state index contributed by atoms with van der Waals surface area (Å²) in [6, 6.07) is 0. The molecule has 0 aromatic carbocycles. The van der Waals surface area contributed by atoms with Gasteiger partial charge in [-0.1, -0.05) is 13.8 Å². The van der Waals surface area contributed by atoms with Gasteiger partial charge in [-0.15, -0.1) is 0 Å². The van der Waals surface area contributed by atoms with Crippen molar-refractivity contribution in [1.82, 2.24) is 16.0 Å². The largest absolute Gasteiger partial charge is 0.444 e. The molecule has 170 valence electrons. The molecule has 1 unspecified atom stereocenters. The zero-order chi connectivity index (χ0) is 21.8. The molecule has 1 amide bonds. The van der Waals surface area contributed by atoms with Crippen LogP contribution in [-0.2, 0) is 14.2 Å². The first-order valence-corrected chi connectivity index (χ1v) is 10.8. The number of rotatable bonds is 11. The molecular weight excluding hydrogens is 372 g/mol. The van der Waals surface area contributed by atoms with E-state index in [1.54, 1.807) is 7.05 Å². The maximum absolute atomic E-state index is 12.2. The van der Waals surface area contributed by atoms with Gasteiger partial charge in [0.25, 0.3) is 0 Å². The first kappa shape index (κ1) is 25.5. The van der Waals surface area contributed by atoms with Crippen molar-refractivity contribution in [2.24, 2.45) is 10.9 Å². The molecule has 0 spiro atoms. The Hall–Kier alpha value is -1.54. The Kier molecular flexibility index (Phi) is 11.3. The Morgan fingerprint density at radius 1 is 1.21 bits per heavy atom. The van der Waals surface area contributed by atoms with Gasteiger partial charge >= 0.3 is 6.09 Å². The lowest BCUT2D eigenvalue weighted by Gasteiger charge is -2.34. The summed E-state index contributed by atoms with van der Waals surface area (Å²) in [5.41, 5.74) is -0.915. The normalized spacial score (nSPS) is 17.9. The molecule has 8 heteroatoms. The number of hydrogen-bond acceptors (Lipinski definition) is 5. The van der Waals surface area contributed by atoms with Gasteiger partial charge in [-0.2, -0.15) is 0 Å².